The summed E-state index contributed by atoms with van der Waals surface area (Å²) in [7, 11) is -1.67. The minimum atomic E-state index is -1.67. The Morgan fingerprint density at radius 2 is 1.35 bits per heavy atom. The van der Waals surface area contributed by atoms with Gasteiger partial charge in [-0.2, -0.15) is 0 Å². The summed E-state index contributed by atoms with van der Waals surface area (Å²) in [5.41, 5.74) is 8.29. The van der Waals surface area contributed by atoms with Gasteiger partial charge >= 0.3 is 5.97 Å². The molecule has 2 nitrogen and oxygen atoms in total. The van der Waals surface area contributed by atoms with Crippen molar-refractivity contribution in [1.29, 1.82) is 0 Å². The third kappa shape index (κ3) is 11.0. The van der Waals surface area contributed by atoms with Crippen LogP contribution in [0.15, 0.2) is 23.3 Å². The first-order valence-electron chi connectivity index (χ1n) is 13.6. The summed E-state index contributed by atoms with van der Waals surface area (Å²) < 4.78 is 5.34. The quantitative estimate of drug-likeness (QED) is 0.118. The van der Waals surface area contributed by atoms with Gasteiger partial charge < -0.3 is 4.74 Å². The lowest BCUT2D eigenvalue weighted by Crippen LogP contribution is -2.43. The van der Waals surface area contributed by atoms with E-state index in [2.05, 4.69) is 86.8 Å². The van der Waals surface area contributed by atoms with Crippen molar-refractivity contribution in [3.8, 4) is 11.5 Å². The molecule has 0 aliphatic heterocycles. The number of rotatable bonds is 12. The highest BCUT2D eigenvalue weighted by molar-refractivity contribution is 6.90. The Labute approximate surface area is 214 Å². The van der Waals surface area contributed by atoms with Crippen molar-refractivity contribution in [2.45, 2.75) is 132 Å². The molecule has 0 rings (SSSR count). The van der Waals surface area contributed by atoms with Crippen LogP contribution in [0.3, 0.4) is 0 Å². The maximum absolute atomic E-state index is 11.9. The van der Waals surface area contributed by atoms with E-state index >= 15 is 0 Å². The van der Waals surface area contributed by atoms with Crippen LogP contribution in [-0.2, 0) is 9.53 Å². The summed E-state index contributed by atoms with van der Waals surface area (Å²) in [4.78, 5) is 11.9. The summed E-state index contributed by atoms with van der Waals surface area (Å²) in [6.07, 6.45) is 8.70. The summed E-state index contributed by atoms with van der Waals surface area (Å²) in [6.45, 7) is 29.4. The average Bonchev–Trinajstić information content (AvgIpc) is 2.68. The maximum atomic E-state index is 11.9. The molecule has 0 heterocycles. The molecule has 0 bridgehead atoms. The first-order valence-corrected chi connectivity index (χ1v) is 15.8. The van der Waals surface area contributed by atoms with E-state index < -0.39 is 13.5 Å². The first-order chi connectivity index (χ1) is 15.6. The van der Waals surface area contributed by atoms with Gasteiger partial charge in [-0.1, -0.05) is 72.6 Å². The molecule has 0 aromatic carbocycles. The van der Waals surface area contributed by atoms with E-state index in [9.17, 15) is 4.79 Å². The average molecular weight is 489 g/mol. The topological polar surface area (TPSA) is 26.3 Å². The van der Waals surface area contributed by atoms with Gasteiger partial charge in [0.25, 0.3) is 0 Å². The van der Waals surface area contributed by atoms with Crippen LogP contribution in [-0.4, -0.2) is 20.7 Å². The van der Waals surface area contributed by atoms with Crippen molar-refractivity contribution < 1.29 is 9.53 Å². The molecule has 0 aliphatic carbocycles. The van der Waals surface area contributed by atoms with Crippen LogP contribution in [0.25, 0.3) is 0 Å². The second kappa shape index (κ2) is 15.0. The molecule has 0 saturated carbocycles. The Kier molecular flexibility index (Phi) is 14.4. The fraction of sp³-hybridized carbons (Fsp3) is 0.774. The van der Waals surface area contributed by atoms with Crippen molar-refractivity contribution in [3.63, 3.8) is 0 Å². The molecular formula is C31H56O2Si. The van der Waals surface area contributed by atoms with Gasteiger partial charge in [-0.05, 0) is 88.9 Å². The highest BCUT2D eigenvalue weighted by Gasteiger charge is 2.41. The number of carbonyl (C=O) groups excluding carboxylic acids is 1. The van der Waals surface area contributed by atoms with Crippen LogP contribution >= 0.6 is 0 Å². The normalized spacial score (nSPS) is 14.6. The lowest BCUT2D eigenvalue weighted by Gasteiger charge is -2.38. The van der Waals surface area contributed by atoms with E-state index in [0.717, 1.165) is 25.7 Å². The van der Waals surface area contributed by atoms with E-state index in [1.54, 1.807) is 0 Å². The SMILES string of the molecule is C/C(=C\COC(=O)C(C)(C)C)CC/C=C(\C)CCC(C#C[Si](C(C)C)(C(C)C)C(C)C)C(C)C. The Morgan fingerprint density at radius 3 is 1.79 bits per heavy atom. The van der Waals surface area contributed by atoms with Crippen LogP contribution in [0.5, 0.6) is 0 Å². The second-order valence-electron chi connectivity index (χ2n) is 12.5. The predicted octanol–water partition coefficient (Wildman–Crippen LogP) is 9.52. The van der Waals surface area contributed by atoms with Crippen molar-refractivity contribution in [2.24, 2.45) is 17.3 Å². The van der Waals surface area contributed by atoms with Gasteiger partial charge in [-0.15, -0.1) is 11.5 Å². The zero-order chi connectivity index (χ0) is 26.7. The summed E-state index contributed by atoms with van der Waals surface area (Å²) >= 11 is 0. The standard InChI is InChI=1S/C31H56O2Si/c1-23(2)29(20-22-34(24(3)4,25(5)6)26(7)8)18-17-27(9)15-14-16-28(10)19-21-33-30(32)31(11,12)13/h15,19,23-26,29H,14,16-18,21H2,1-13H3/b27-15+,28-19+. The number of carbonyl (C=O) groups is 1. The van der Waals surface area contributed by atoms with Gasteiger partial charge in [0.05, 0.1) is 5.41 Å². The fourth-order valence-corrected chi connectivity index (χ4v) is 10.1. The minimum Gasteiger partial charge on any atom is -0.461 e. The van der Waals surface area contributed by atoms with E-state index in [1.807, 2.05) is 26.8 Å². The van der Waals surface area contributed by atoms with Crippen LogP contribution in [0.4, 0.5) is 0 Å². The number of ether oxygens (including phenoxy) is 1. The molecule has 1 atom stereocenters. The number of allylic oxidation sites excluding steroid dienone is 3. The van der Waals surface area contributed by atoms with Gasteiger partial charge in [-0.3, -0.25) is 4.79 Å². The van der Waals surface area contributed by atoms with Crippen molar-refractivity contribution in [2.75, 3.05) is 6.61 Å². The molecule has 0 aromatic heterocycles. The van der Waals surface area contributed by atoms with Gasteiger partial charge in [0.2, 0.25) is 0 Å². The lowest BCUT2D eigenvalue weighted by atomic mass is 9.90. The van der Waals surface area contributed by atoms with Gasteiger partial charge in [0.15, 0.2) is 0 Å². The molecule has 0 amide bonds. The van der Waals surface area contributed by atoms with Crippen molar-refractivity contribution in [3.05, 3.63) is 23.3 Å². The first kappa shape index (κ1) is 32.7. The Balaban J connectivity index is 4.97. The van der Waals surface area contributed by atoms with Gasteiger partial charge in [-0.25, -0.2) is 0 Å². The largest absolute Gasteiger partial charge is 0.461 e. The molecule has 1 unspecified atom stereocenters. The van der Waals surface area contributed by atoms with Gasteiger partial charge in [0, 0.05) is 5.92 Å². The molecular weight excluding hydrogens is 432 g/mol. The third-order valence-electron chi connectivity index (χ3n) is 7.28. The van der Waals surface area contributed by atoms with E-state index in [-0.39, 0.29) is 5.97 Å². The van der Waals surface area contributed by atoms with E-state index in [0.29, 0.717) is 35.1 Å². The molecule has 0 N–H and O–H groups in total. The molecule has 0 aromatic rings. The summed E-state index contributed by atoms with van der Waals surface area (Å²) in [6, 6.07) is 0. The third-order valence-corrected chi connectivity index (χ3v) is 13.6. The van der Waals surface area contributed by atoms with Crippen LogP contribution < -0.4 is 0 Å². The molecule has 0 fully saturated rings. The molecule has 34 heavy (non-hydrogen) atoms. The minimum absolute atomic E-state index is 0.148. The molecule has 3 heteroatoms. The summed E-state index contributed by atoms with van der Waals surface area (Å²) in [5, 5.41) is 0. The monoisotopic (exact) mass is 488 g/mol. The fourth-order valence-electron chi connectivity index (χ4n) is 4.83. The predicted molar refractivity (Wildman–Crippen MR) is 154 cm³/mol. The van der Waals surface area contributed by atoms with E-state index in [4.69, 9.17) is 4.74 Å². The van der Waals surface area contributed by atoms with Crippen LogP contribution in [0.1, 0.15) is 116 Å². The van der Waals surface area contributed by atoms with Crippen molar-refractivity contribution in [1.82, 2.24) is 0 Å². The Morgan fingerprint density at radius 1 is 0.853 bits per heavy atom. The Hall–Kier alpha value is -1.27. The zero-order valence-corrected chi connectivity index (χ0v) is 25.9. The number of hydrogen-bond donors (Lipinski definition) is 0. The number of hydrogen-bond acceptors (Lipinski definition) is 2. The van der Waals surface area contributed by atoms with Gasteiger partial charge in [0.1, 0.15) is 14.7 Å². The Bertz CT molecular complexity index is 714. The molecule has 0 radical (unpaired) electrons. The van der Waals surface area contributed by atoms with E-state index in [1.165, 1.54) is 11.1 Å². The highest BCUT2D eigenvalue weighted by Crippen LogP contribution is 2.41. The summed E-state index contributed by atoms with van der Waals surface area (Å²) in [5.74, 6) is 4.71. The molecule has 0 spiro atoms. The second-order valence-corrected chi connectivity index (χ2v) is 18.1. The molecule has 196 valence electrons. The van der Waals surface area contributed by atoms with Crippen LogP contribution in [0.2, 0.25) is 16.6 Å². The molecule has 0 aliphatic rings. The number of esters is 1. The lowest BCUT2D eigenvalue weighted by molar-refractivity contribution is -0.151. The molecule has 0 saturated heterocycles. The van der Waals surface area contributed by atoms with Crippen LogP contribution in [0, 0.1) is 28.7 Å². The highest BCUT2D eigenvalue weighted by atomic mass is 28.3. The zero-order valence-electron chi connectivity index (χ0n) is 24.9. The maximum Gasteiger partial charge on any atom is 0.311 e. The smallest absolute Gasteiger partial charge is 0.311 e. The van der Waals surface area contributed by atoms with Crippen molar-refractivity contribution >= 4 is 14.0 Å².